The van der Waals surface area contributed by atoms with Crippen LogP contribution >= 0.6 is 0 Å². The highest BCUT2D eigenvalue weighted by Crippen LogP contribution is 2.24. The highest BCUT2D eigenvalue weighted by Gasteiger charge is 2.36. The Morgan fingerprint density at radius 3 is 2.69 bits per heavy atom. The molecule has 0 bridgehead atoms. The van der Waals surface area contributed by atoms with Crippen LogP contribution in [0.2, 0.25) is 0 Å². The molecule has 1 heterocycles. The Bertz CT molecular complexity index is 202. The first-order chi connectivity index (χ1) is 6.10. The molecule has 0 amide bonds. The van der Waals surface area contributed by atoms with Gasteiger partial charge in [-0.15, -0.1) is 0 Å². The predicted octanol–water partition coefficient (Wildman–Crippen LogP) is -0.407. The number of nitrogens with one attached hydrogen (secondary N) is 2. The molecule has 0 aromatic rings. The van der Waals surface area contributed by atoms with Gasteiger partial charge in [0.05, 0.1) is 11.6 Å². The summed E-state index contributed by atoms with van der Waals surface area (Å²) in [6.45, 7) is 4.90. The van der Waals surface area contributed by atoms with Crippen molar-refractivity contribution < 1.29 is 4.74 Å². The smallest absolute Gasteiger partial charge is 0.205 e. The van der Waals surface area contributed by atoms with Crippen molar-refractivity contribution in [1.29, 1.82) is 0 Å². The van der Waals surface area contributed by atoms with E-state index in [4.69, 9.17) is 10.6 Å². The monoisotopic (exact) mass is 186 g/mol. The molecular formula is C8H18N4O. The largest absolute Gasteiger partial charge is 0.373 e. The highest BCUT2D eigenvalue weighted by atomic mass is 16.5. The van der Waals surface area contributed by atoms with E-state index in [1.165, 1.54) is 0 Å². The average Bonchev–Trinajstić information content (AvgIpc) is 2.41. The summed E-state index contributed by atoms with van der Waals surface area (Å²) >= 11 is 0. The summed E-state index contributed by atoms with van der Waals surface area (Å²) in [5, 5.41) is 3.19. The van der Waals surface area contributed by atoms with Crippen molar-refractivity contribution in [2.24, 2.45) is 10.8 Å². The van der Waals surface area contributed by atoms with Crippen LogP contribution in [0.15, 0.2) is 4.99 Å². The molecule has 5 heteroatoms. The van der Waals surface area contributed by atoms with Crippen LogP contribution in [0.3, 0.4) is 0 Å². The van der Waals surface area contributed by atoms with Crippen LogP contribution in [0.1, 0.15) is 20.3 Å². The van der Waals surface area contributed by atoms with Crippen LogP contribution < -0.4 is 16.6 Å². The molecule has 0 saturated carbocycles. The van der Waals surface area contributed by atoms with E-state index < -0.39 is 0 Å². The number of rotatable bonds is 1. The van der Waals surface area contributed by atoms with Crippen molar-refractivity contribution in [3.63, 3.8) is 0 Å². The molecular weight excluding hydrogens is 168 g/mol. The molecule has 1 atom stereocenters. The molecule has 76 valence electrons. The second-order valence-electron chi connectivity index (χ2n) is 3.65. The molecule has 0 spiro atoms. The predicted molar refractivity (Wildman–Crippen MR) is 52.3 cm³/mol. The fourth-order valence-corrected chi connectivity index (χ4v) is 1.47. The lowest BCUT2D eigenvalue weighted by Gasteiger charge is -2.27. The number of hydrazine groups is 1. The van der Waals surface area contributed by atoms with Gasteiger partial charge < -0.3 is 10.1 Å². The van der Waals surface area contributed by atoms with Crippen LogP contribution in [0, 0.1) is 0 Å². The summed E-state index contributed by atoms with van der Waals surface area (Å²) in [6, 6.07) is 0.266. The maximum atomic E-state index is 5.56. The average molecular weight is 186 g/mol. The van der Waals surface area contributed by atoms with Gasteiger partial charge in [0.1, 0.15) is 0 Å². The second-order valence-corrected chi connectivity index (χ2v) is 3.65. The first-order valence-corrected chi connectivity index (χ1v) is 4.44. The number of nitrogens with two attached hydrogens (primary N) is 1. The van der Waals surface area contributed by atoms with Gasteiger partial charge in [0, 0.05) is 13.7 Å². The fraction of sp³-hybridized carbons (Fsp3) is 0.875. The van der Waals surface area contributed by atoms with Crippen molar-refractivity contribution in [3.8, 4) is 0 Å². The van der Waals surface area contributed by atoms with E-state index in [1.807, 2.05) is 0 Å². The van der Waals surface area contributed by atoms with Crippen LogP contribution in [0.25, 0.3) is 0 Å². The minimum absolute atomic E-state index is 0.146. The van der Waals surface area contributed by atoms with E-state index in [2.05, 4.69) is 29.6 Å². The molecule has 4 N–H and O–H groups in total. The molecule has 0 aromatic heterocycles. The summed E-state index contributed by atoms with van der Waals surface area (Å²) in [5.74, 6) is 5.87. The number of hydrogen-bond donors (Lipinski definition) is 3. The fourth-order valence-electron chi connectivity index (χ4n) is 1.47. The maximum absolute atomic E-state index is 5.56. The van der Waals surface area contributed by atoms with Gasteiger partial charge in [-0.3, -0.25) is 10.4 Å². The zero-order valence-electron chi connectivity index (χ0n) is 8.42. The van der Waals surface area contributed by atoms with E-state index >= 15 is 0 Å². The summed E-state index contributed by atoms with van der Waals surface area (Å²) < 4.78 is 5.56. The van der Waals surface area contributed by atoms with Crippen LogP contribution in [0.5, 0.6) is 0 Å². The van der Waals surface area contributed by atoms with Crippen LogP contribution in [-0.4, -0.2) is 31.3 Å². The van der Waals surface area contributed by atoms with E-state index in [1.54, 1.807) is 7.05 Å². The van der Waals surface area contributed by atoms with Gasteiger partial charge in [-0.05, 0) is 20.3 Å². The number of hydrogen-bond acceptors (Lipinski definition) is 3. The number of guanidine groups is 1. The Morgan fingerprint density at radius 2 is 2.31 bits per heavy atom. The summed E-state index contributed by atoms with van der Waals surface area (Å²) in [6.07, 6.45) is 0.980. The SMILES string of the molecule is CN=C(NN)NC1CCOC1(C)C. The molecule has 0 aliphatic carbocycles. The van der Waals surface area contributed by atoms with Gasteiger partial charge in [0.15, 0.2) is 0 Å². The van der Waals surface area contributed by atoms with Gasteiger partial charge in [0.2, 0.25) is 5.96 Å². The molecule has 1 saturated heterocycles. The van der Waals surface area contributed by atoms with Crippen LogP contribution in [0.4, 0.5) is 0 Å². The number of nitrogens with zero attached hydrogens (tertiary/aromatic N) is 1. The van der Waals surface area contributed by atoms with E-state index in [9.17, 15) is 0 Å². The molecule has 13 heavy (non-hydrogen) atoms. The lowest BCUT2D eigenvalue weighted by molar-refractivity contribution is 0.0248. The molecule has 5 nitrogen and oxygen atoms in total. The maximum Gasteiger partial charge on any atom is 0.205 e. The van der Waals surface area contributed by atoms with Crippen molar-refractivity contribution in [2.75, 3.05) is 13.7 Å². The summed E-state index contributed by atoms with van der Waals surface area (Å²) in [4.78, 5) is 3.95. The highest BCUT2D eigenvalue weighted by molar-refractivity contribution is 5.79. The Balaban J connectivity index is 2.53. The Labute approximate surface area is 78.7 Å². The van der Waals surface area contributed by atoms with Gasteiger partial charge in [-0.2, -0.15) is 0 Å². The molecule has 1 fully saturated rings. The van der Waals surface area contributed by atoms with Crippen molar-refractivity contribution in [2.45, 2.75) is 31.9 Å². The molecule has 1 aliphatic heterocycles. The standard InChI is InChI=1S/C8H18N4O/c1-8(2)6(4-5-13-8)11-7(10-3)12-9/h6H,4-5,9H2,1-3H3,(H2,10,11,12). The zero-order chi connectivity index (χ0) is 9.90. The molecule has 1 unspecified atom stereocenters. The molecule has 1 rings (SSSR count). The Morgan fingerprint density at radius 1 is 1.62 bits per heavy atom. The third-order valence-corrected chi connectivity index (χ3v) is 2.39. The van der Waals surface area contributed by atoms with Gasteiger partial charge >= 0.3 is 0 Å². The summed E-state index contributed by atoms with van der Waals surface area (Å²) in [7, 11) is 1.69. The topological polar surface area (TPSA) is 71.7 Å². The van der Waals surface area contributed by atoms with Crippen molar-refractivity contribution >= 4 is 5.96 Å². The van der Waals surface area contributed by atoms with Crippen molar-refractivity contribution in [1.82, 2.24) is 10.7 Å². The normalized spacial score (nSPS) is 27.4. The van der Waals surface area contributed by atoms with Crippen LogP contribution in [-0.2, 0) is 4.74 Å². The lowest BCUT2D eigenvalue weighted by Crippen LogP contribution is -2.52. The molecule has 0 aromatic carbocycles. The second kappa shape index (κ2) is 3.93. The third-order valence-electron chi connectivity index (χ3n) is 2.39. The molecule has 0 radical (unpaired) electrons. The first-order valence-electron chi connectivity index (χ1n) is 4.44. The molecule has 1 aliphatic rings. The van der Waals surface area contributed by atoms with Gasteiger partial charge in [-0.25, -0.2) is 5.84 Å². The quantitative estimate of drug-likeness (QED) is 0.225. The Hall–Kier alpha value is -0.810. The van der Waals surface area contributed by atoms with E-state index in [-0.39, 0.29) is 11.6 Å². The number of ether oxygens (including phenoxy) is 1. The minimum atomic E-state index is -0.146. The summed E-state index contributed by atoms with van der Waals surface area (Å²) in [5.41, 5.74) is 2.35. The van der Waals surface area contributed by atoms with Gasteiger partial charge in [-0.1, -0.05) is 0 Å². The lowest BCUT2D eigenvalue weighted by atomic mass is 9.99. The van der Waals surface area contributed by atoms with E-state index in [0.29, 0.717) is 5.96 Å². The minimum Gasteiger partial charge on any atom is -0.373 e. The third kappa shape index (κ3) is 2.32. The Kier molecular flexibility index (Phi) is 3.11. The first kappa shape index (κ1) is 10.3. The van der Waals surface area contributed by atoms with Crippen molar-refractivity contribution in [3.05, 3.63) is 0 Å². The van der Waals surface area contributed by atoms with E-state index in [0.717, 1.165) is 13.0 Å². The van der Waals surface area contributed by atoms with Gasteiger partial charge in [0.25, 0.3) is 0 Å². The zero-order valence-corrected chi connectivity index (χ0v) is 8.42. The number of aliphatic imine (C=N–C) groups is 1.